The Morgan fingerprint density at radius 3 is 2.28 bits per heavy atom. The lowest BCUT2D eigenvalue weighted by atomic mass is 9.90. The van der Waals surface area contributed by atoms with E-state index in [2.05, 4.69) is 26.1 Å². The van der Waals surface area contributed by atoms with E-state index in [9.17, 15) is 4.79 Å². The SMILES string of the molecule is CCC(C)(C)CNC(=O)c1cc(Cl)c(N)c(Cl)c1. The van der Waals surface area contributed by atoms with Crippen molar-refractivity contribution in [2.24, 2.45) is 5.41 Å². The Balaban J connectivity index is 2.80. The van der Waals surface area contributed by atoms with Crippen LogP contribution in [0.4, 0.5) is 5.69 Å². The van der Waals surface area contributed by atoms with E-state index in [-0.39, 0.29) is 11.3 Å². The maximum absolute atomic E-state index is 12.0. The highest BCUT2D eigenvalue weighted by atomic mass is 35.5. The molecule has 0 bridgehead atoms. The van der Waals surface area contributed by atoms with Crippen LogP contribution in [0.5, 0.6) is 0 Å². The number of nitrogens with one attached hydrogen (secondary N) is 1. The lowest BCUT2D eigenvalue weighted by Crippen LogP contribution is -2.33. The van der Waals surface area contributed by atoms with Gasteiger partial charge >= 0.3 is 0 Å². The van der Waals surface area contributed by atoms with Crippen molar-refractivity contribution in [3.8, 4) is 0 Å². The summed E-state index contributed by atoms with van der Waals surface area (Å²) in [5.74, 6) is -0.194. The average molecular weight is 289 g/mol. The number of nitrogen functional groups attached to an aromatic ring is 1. The van der Waals surface area contributed by atoms with Crippen LogP contribution < -0.4 is 11.1 Å². The van der Waals surface area contributed by atoms with Gasteiger partial charge in [0.2, 0.25) is 0 Å². The molecule has 0 aliphatic rings. The Labute approximate surface area is 118 Å². The van der Waals surface area contributed by atoms with Crippen LogP contribution >= 0.6 is 23.2 Å². The molecular weight excluding hydrogens is 271 g/mol. The van der Waals surface area contributed by atoms with Crippen molar-refractivity contribution in [2.45, 2.75) is 27.2 Å². The summed E-state index contributed by atoms with van der Waals surface area (Å²) >= 11 is 11.8. The van der Waals surface area contributed by atoms with E-state index < -0.39 is 0 Å². The number of carbonyl (C=O) groups excluding carboxylic acids is 1. The minimum absolute atomic E-state index is 0.0665. The van der Waals surface area contributed by atoms with E-state index in [0.717, 1.165) is 6.42 Å². The maximum Gasteiger partial charge on any atom is 0.251 e. The van der Waals surface area contributed by atoms with Gasteiger partial charge in [0, 0.05) is 12.1 Å². The molecule has 1 rings (SSSR count). The van der Waals surface area contributed by atoms with Gasteiger partial charge < -0.3 is 11.1 Å². The normalized spacial score (nSPS) is 11.4. The van der Waals surface area contributed by atoms with Crippen molar-refractivity contribution in [3.63, 3.8) is 0 Å². The lowest BCUT2D eigenvalue weighted by Gasteiger charge is -2.22. The standard InChI is InChI=1S/C13H18Cl2N2O/c1-4-13(2,3)7-17-12(18)8-5-9(14)11(16)10(15)6-8/h5-6H,4,7,16H2,1-3H3,(H,17,18). The van der Waals surface area contributed by atoms with Crippen molar-refractivity contribution in [1.29, 1.82) is 0 Å². The van der Waals surface area contributed by atoms with Crippen LogP contribution in [-0.4, -0.2) is 12.5 Å². The molecule has 0 saturated carbocycles. The van der Waals surface area contributed by atoms with Gasteiger partial charge in [0.15, 0.2) is 0 Å². The van der Waals surface area contributed by atoms with Crippen molar-refractivity contribution in [1.82, 2.24) is 5.32 Å². The first-order valence-corrected chi connectivity index (χ1v) is 6.55. The van der Waals surface area contributed by atoms with E-state index in [1.54, 1.807) is 0 Å². The van der Waals surface area contributed by atoms with E-state index >= 15 is 0 Å². The fraction of sp³-hybridized carbons (Fsp3) is 0.462. The van der Waals surface area contributed by atoms with Gasteiger partial charge in [-0.15, -0.1) is 0 Å². The molecule has 5 heteroatoms. The van der Waals surface area contributed by atoms with Gasteiger partial charge in [-0.3, -0.25) is 4.79 Å². The number of anilines is 1. The number of carbonyl (C=O) groups is 1. The molecule has 18 heavy (non-hydrogen) atoms. The third-order valence-electron chi connectivity index (χ3n) is 3.03. The van der Waals surface area contributed by atoms with Crippen LogP contribution in [0.2, 0.25) is 10.0 Å². The highest BCUT2D eigenvalue weighted by Gasteiger charge is 2.17. The maximum atomic E-state index is 12.0. The van der Waals surface area contributed by atoms with Gasteiger partial charge in [0.25, 0.3) is 5.91 Å². The van der Waals surface area contributed by atoms with Crippen LogP contribution in [0.15, 0.2) is 12.1 Å². The Hall–Kier alpha value is -0.930. The zero-order valence-corrected chi connectivity index (χ0v) is 12.3. The second-order valence-corrected chi connectivity index (χ2v) is 5.87. The number of amides is 1. The first kappa shape index (κ1) is 15.1. The smallest absolute Gasteiger partial charge is 0.251 e. The van der Waals surface area contributed by atoms with Crippen molar-refractivity contribution < 1.29 is 4.79 Å². The van der Waals surface area contributed by atoms with Crippen LogP contribution in [-0.2, 0) is 0 Å². The molecule has 1 aromatic rings. The molecule has 1 aromatic carbocycles. The Morgan fingerprint density at radius 1 is 1.33 bits per heavy atom. The summed E-state index contributed by atoms with van der Waals surface area (Å²) in [6.07, 6.45) is 0.983. The predicted molar refractivity (Wildman–Crippen MR) is 77.3 cm³/mol. The van der Waals surface area contributed by atoms with Crippen molar-refractivity contribution in [3.05, 3.63) is 27.7 Å². The molecule has 0 aliphatic heterocycles. The van der Waals surface area contributed by atoms with Gasteiger partial charge in [0.05, 0.1) is 15.7 Å². The zero-order chi connectivity index (χ0) is 13.9. The van der Waals surface area contributed by atoms with E-state index in [0.29, 0.717) is 27.8 Å². The first-order chi connectivity index (χ1) is 8.26. The van der Waals surface area contributed by atoms with Crippen molar-refractivity contribution in [2.75, 3.05) is 12.3 Å². The van der Waals surface area contributed by atoms with Crippen LogP contribution in [0.3, 0.4) is 0 Å². The first-order valence-electron chi connectivity index (χ1n) is 5.79. The molecule has 3 nitrogen and oxygen atoms in total. The molecule has 0 atom stereocenters. The fourth-order valence-electron chi connectivity index (χ4n) is 1.26. The molecular formula is C13H18Cl2N2O. The van der Waals surface area contributed by atoms with Gasteiger partial charge in [-0.1, -0.05) is 44.0 Å². The molecule has 0 aliphatic carbocycles. The van der Waals surface area contributed by atoms with Gasteiger partial charge in [-0.2, -0.15) is 0 Å². The third-order valence-corrected chi connectivity index (χ3v) is 3.65. The summed E-state index contributed by atoms with van der Waals surface area (Å²) in [5, 5.41) is 3.45. The van der Waals surface area contributed by atoms with E-state index in [4.69, 9.17) is 28.9 Å². The summed E-state index contributed by atoms with van der Waals surface area (Å²) in [4.78, 5) is 12.0. The summed E-state index contributed by atoms with van der Waals surface area (Å²) in [5.41, 5.74) is 6.40. The minimum Gasteiger partial charge on any atom is -0.396 e. The summed E-state index contributed by atoms with van der Waals surface area (Å²) in [6, 6.07) is 3.05. The third kappa shape index (κ3) is 3.79. The molecule has 0 heterocycles. The lowest BCUT2D eigenvalue weighted by molar-refractivity contribution is 0.0936. The quantitative estimate of drug-likeness (QED) is 0.829. The van der Waals surface area contributed by atoms with Gasteiger partial charge in [-0.25, -0.2) is 0 Å². The molecule has 0 fully saturated rings. The predicted octanol–water partition coefficient (Wildman–Crippen LogP) is 3.74. The second-order valence-electron chi connectivity index (χ2n) is 5.05. The monoisotopic (exact) mass is 288 g/mol. The zero-order valence-electron chi connectivity index (χ0n) is 10.8. The Morgan fingerprint density at radius 2 is 1.83 bits per heavy atom. The number of rotatable bonds is 4. The topological polar surface area (TPSA) is 55.1 Å². The largest absolute Gasteiger partial charge is 0.396 e. The summed E-state index contributed by atoms with van der Waals surface area (Å²) in [6.45, 7) is 6.87. The molecule has 3 N–H and O–H groups in total. The number of hydrogen-bond donors (Lipinski definition) is 2. The summed E-state index contributed by atoms with van der Waals surface area (Å²) in [7, 11) is 0. The van der Waals surface area contributed by atoms with Gasteiger partial charge in [-0.05, 0) is 24.0 Å². The molecule has 0 aromatic heterocycles. The number of halogens is 2. The molecule has 0 spiro atoms. The Bertz CT molecular complexity index is 435. The highest BCUT2D eigenvalue weighted by Crippen LogP contribution is 2.28. The van der Waals surface area contributed by atoms with Crippen LogP contribution in [0.1, 0.15) is 37.6 Å². The average Bonchev–Trinajstić information content (AvgIpc) is 2.32. The Kier molecular flexibility index (Phi) is 4.88. The number of hydrogen-bond acceptors (Lipinski definition) is 2. The minimum atomic E-state index is -0.194. The fourth-order valence-corrected chi connectivity index (χ4v) is 1.75. The molecule has 0 saturated heterocycles. The van der Waals surface area contributed by atoms with Crippen LogP contribution in [0.25, 0.3) is 0 Å². The van der Waals surface area contributed by atoms with Crippen LogP contribution in [0, 0.1) is 5.41 Å². The van der Waals surface area contributed by atoms with Crippen molar-refractivity contribution >= 4 is 34.8 Å². The number of nitrogens with two attached hydrogens (primary N) is 1. The van der Waals surface area contributed by atoms with Gasteiger partial charge in [0.1, 0.15) is 0 Å². The summed E-state index contributed by atoms with van der Waals surface area (Å²) < 4.78 is 0. The molecule has 1 amide bonds. The number of benzene rings is 1. The molecule has 100 valence electrons. The highest BCUT2D eigenvalue weighted by molar-refractivity contribution is 6.39. The second kappa shape index (κ2) is 5.81. The van der Waals surface area contributed by atoms with E-state index in [1.165, 1.54) is 12.1 Å². The van der Waals surface area contributed by atoms with E-state index in [1.807, 2.05) is 0 Å². The molecule has 0 unspecified atom stereocenters. The molecule has 0 radical (unpaired) electrons.